The quantitative estimate of drug-likeness (QED) is 0.746. The number of hydrogen-bond donors (Lipinski definition) is 0. The molecule has 0 saturated carbocycles. The molecule has 3 rings (SSSR count). The van der Waals surface area contributed by atoms with Crippen molar-refractivity contribution in [2.24, 2.45) is 5.92 Å². The number of benzene rings is 1. The van der Waals surface area contributed by atoms with Gasteiger partial charge in [0.2, 0.25) is 0 Å². The van der Waals surface area contributed by atoms with Crippen molar-refractivity contribution in [3.8, 4) is 0 Å². The standard InChI is InChI=1S/C19H22O/c1-14-13-19(2,3)20-17-11-7-10-16(18(14)17)12-15-8-5-4-6-9-15/h4-9,11,13,16H,10,12H2,1-3H3/t16-/m1/s1. The van der Waals surface area contributed by atoms with Gasteiger partial charge in [0.25, 0.3) is 0 Å². The van der Waals surface area contributed by atoms with Crippen molar-refractivity contribution in [3.63, 3.8) is 0 Å². The fraction of sp³-hybridized carbons (Fsp3) is 0.368. The summed E-state index contributed by atoms with van der Waals surface area (Å²) in [5, 5.41) is 0. The fourth-order valence-corrected chi connectivity index (χ4v) is 3.35. The van der Waals surface area contributed by atoms with Crippen molar-refractivity contribution >= 4 is 0 Å². The van der Waals surface area contributed by atoms with Crippen LogP contribution in [0.4, 0.5) is 0 Å². The average Bonchev–Trinajstić information content (AvgIpc) is 2.38. The highest BCUT2D eigenvalue weighted by Crippen LogP contribution is 2.39. The Morgan fingerprint density at radius 1 is 1.20 bits per heavy atom. The summed E-state index contributed by atoms with van der Waals surface area (Å²) in [7, 11) is 0. The van der Waals surface area contributed by atoms with Crippen LogP contribution in [0.1, 0.15) is 32.8 Å². The SMILES string of the molecule is CC1=CC(C)(C)OC2=C1[C@@H](Cc1ccccc1)CC=C2. The Hall–Kier alpha value is -1.76. The van der Waals surface area contributed by atoms with Crippen LogP contribution in [0.3, 0.4) is 0 Å². The molecule has 1 aliphatic heterocycles. The van der Waals surface area contributed by atoms with Gasteiger partial charge in [-0.15, -0.1) is 0 Å². The van der Waals surface area contributed by atoms with Crippen LogP contribution in [0.2, 0.25) is 0 Å². The van der Waals surface area contributed by atoms with E-state index in [-0.39, 0.29) is 5.60 Å². The van der Waals surface area contributed by atoms with Gasteiger partial charge in [0.1, 0.15) is 11.4 Å². The summed E-state index contributed by atoms with van der Waals surface area (Å²) in [5.74, 6) is 1.60. The second-order valence-corrected chi connectivity index (χ2v) is 6.34. The monoisotopic (exact) mass is 266 g/mol. The number of ether oxygens (including phenoxy) is 1. The molecule has 104 valence electrons. The molecule has 1 atom stereocenters. The molecule has 0 unspecified atom stereocenters. The first-order valence-electron chi connectivity index (χ1n) is 7.39. The molecule has 0 bridgehead atoms. The van der Waals surface area contributed by atoms with Crippen LogP contribution in [0.15, 0.2) is 65.5 Å². The van der Waals surface area contributed by atoms with Crippen molar-refractivity contribution in [2.75, 3.05) is 0 Å². The van der Waals surface area contributed by atoms with Gasteiger partial charge < -0.3 is 4.74 Å². The van der Waals surface area contributed by atoms with E-state index < -0.39 is 0 Å². The molecule has 1 aliphatic carbocycles. The Labute approximate surface area is 121 Å². The van der Waals surface area contributed by atoms with Crippen molar-refractivity contribution in [2.45, 2.75) is 39.2 Å². The third kappa shape index (κ3) is 2.58. The predicted molar refractivity (Wildman–Crippen MR) is 83.3 cm³/mol. The van der Waals surface area contributed by atoms with Gasteiger partial charge in [0.15, 0.2) is 0 Å². The molecule has 0 aromatic heterocycles. The molecule has 1 heterocycles. The summed E-state index contributed by atoms with van der Waals surface area (Å²) < 4.78 is 6.13. The third-order valence-corrected chi connectivity index (χ3v) is 4.05. The zero-order valence-corrected chi connectivity index (χ0v) is 12.5. The molecule has 1 aromatic carbocycles. The minimum Gasteiger partial charge on any atom is -0.483 e. The maximum Gasteiger partial charge on any atom is 0.124 e. The first kappa shape index (κ1) is 13.2. The van der Waals surface area contributed by atoms with E-state index in [1.54, 1.807) is 0 Å². The lowest BCUT2D eigenvalue weighted by atomic mass is 9.79. The van der Waals surface area contributed by atoms with E-state index in [4.69, 9.17) is 4.74 Å². The minimum absolute atomic E-state index is 0.193. The molecule has 0 saturated heterocycles. The van der Waals surface area contributed by atoms with Crippen LogP contribution in [0.25, 0.3) is 0 Å². The Bertz CT molecular complexity index is 587. The second-order valence-electron chi connectivity index (χ2n) is 6.34. The summed E-state index contributed by atoms with van der Waals surface area (Å²) >= 11 is 0. The van der Waals surface area contributed by atoms with Gasteiger partial charge in [-0.25, -0.2) is 0 Å². The van der Waals surface area contributed by atoms with E-state index in [9.17, 15) is 0 Å². The minimum atomic E-state index is -0.193. The van der Waals surface area contributed by atoms with Crippen molar-refractivity contribution in [1.82, 2.24) is 0 Å². The summed E-state index contributed by atoms with van der Waals surface area (Å²) in [6, 6.07) is 10.7. The van der Waals surface area contributed by atoms with Crippen molar-refractivity contribution in [1.29, 1.82) is 0 Å². The number of hydrogen-bond acceptors (Lipinski definition) is 1. The van der Waals surface area contributed by atoms with Crippen LogP contribution in [0, 0.1) is 5.92 Å². The molecule has 0 fully saturated rings. The van der Waals surface area contributed by atoms with Gasteiger partial charge in [-0.2, -0.15) is 0 Å². The van der Waals surface area contributed by atoms with E-state index in [2.05, 4.69) is 69.3 Å². The Balaban J connectivity index is 1.90. The molecular weight excluding hydrogens is 244 g/mol. The summed E-state index contributed by atoms with van der Waals surface area (Å²) in [6.45, 7) is 6.46. The Kier molecular flexibility index (Phi) is 3.29. The Morgan fingerprint density at radius 2 is 1.95 bits per heavy atom. The largest absolute Gasteiger partial charge is 0.483 e. The highest BCUT2D eigenvalue weighted by molar-refractivity contribution is 5.45. The maximum absolute atomic E-state index is 6.13. The van der Waals surface area contributed by atoms with Gasteiger partial charge in [0.05, 0.1) is 0 Å². The molecule has 0 amide bonds. The topological polar surface area (TPSA) is 9.23 Å². The van der Waals surface area contributed by atoms with Gasteiger partial charge in [-0.1, -0.05) is 36.4 Å². The summed E-state index contributed by atoms with van der Waals surface area (Å²) in [4.78, 5) is 0. The molecule has 0 spiro atoms. The molecular formula is C19H22O. The normalized spacial score (nSPS) is 23.9. The zero-order chi connectivity index (χ0) is 14.2. The van der Waals surface area contributed by atoms with Gasteiger partial charge in [-0.05, 0) is 62.8 Å². The summed E-state index contributed by atoms with van der Waals surface area (Å²) in [6.07, 6.45) is 8.83. The highest BCUT2D eigenvalue weighted by Gasteiger charge is 2.31. The fourth-order valence-electron chi connectivity index (χ4n) is 3.35. The number of rotatable bonds is 2. The lowest BCUT2D eigenvalue weighted by molar-refractivity contribution is 0.0765. The second kappa shape index (κ2) is 4.97. The molecule has 1 nitrogen and oxygen atoms in total. The van der Waals surface area contributed by atoms with Crippen molar-refractivity contribution in [3.05, 3.63) is 71.0 Å². The van der Waals surface area contributed by atoms with Crippen molar-refractivity contribution < 1.29 is 4.74 Å². The van der Waals surface area contributed by atoms with Gasteiger partial charge in [0, 0.05) is 5.57 Å². The maximum atomic E-state index is 6.13. The Morgan fingerprint density at radius 3 is 2.70 bits per heavy atom. The van der Waals surface area contributed by atoms with E-state index in [1.165, 1.54) is 16.7 Å². The lowest BCUT2D eigenvalue weighted by Crippen LogP contribution is -2.28. The third-order valence-electron chi connectivity index (χ3n) is 4.05. The van der Waals surface area contributed by atoms with E-state index in [1.807, 2.05) is 0 Å². The first-order valence-corrected chi connectivity index (χ1v) is 7.39. The first-order chi connectivity index (χ1) is 9.55. The van der Waals surface area contributed by atoms with E-state index >= 15 is 0 Å². The van der Waals surface area contributed by atoms with Crippen LogP contribution in [-0.4, -0.2) is 5.60 Å². The lowest BCUT2D eigenvalue weighted by Gasteiger charge is -2.36. The molecule has 1 aromatic rings. The molecule has 20 heavy (non-hydrogen) atoms. The molecule has 0 radical (unpaired) electrons. The average molecular weight is 266 g/mol. The van der Waals surface area contributed by atoms with Gasteiger partial charge in [-0.3, -0.25) is 0 Å². The van der Waals surface area contributed by atoms with Crippen LogP contribution in [0.5, 0.6) is 0 Å². The smallest absolute Gasteiger partial charge is 0.124 e. The molecule has 2 aliphatic rings. The van der Waals surface area contributed by atoms with E-state index in [0.717, 1.165) is 18.6 Å². The predicted octanol–water partition coefficient (Wildman–Crippen LogP) is 4.81. The van der Waals surface area contributed by atoms with Crippen LogP contribution < -0.4 is 0 Å². The van der Waals surface area contributed by atoms with Crippen LogP contribution in [-0.2, 0) is 11.2 Å². The molecule has 1 heteroatoms. The highest BCUT2D eigenvalue weighted by atomic mass is 16.5. The summed E-state index contributed by atoms with van der Waals surface area (Å²) in [5.41, 5.74) is 3.98. The molecule has 0 N–H and O–H groups in total. The van der Waals surface area contributed by atoms with Gasteiger partial charge >= 0.3 is 0 Å². The van der Waals surface area contributed by atoms with Crippen LogP contribution >= 0.6 is 0 Å². The number of allylic oxidation sites excluding steroid dienone is 4. The zero-order valence-electron chi connectivity index (χ0n) is 12.5. The van der Waals surface area contributed by atoms with E-state index in [0.29, 0.717) is 5.92 Å².